The van der Waals surface area contributed by atoms with E-state index in [4.69, 9.17) is 84.3 Å². The molecule has 78 heavy (non-hydrogen) atoms. The summed E-state index contributed by atoms with van der Waals surface area (Å²) in [5, 5.41) is 8.25. The molecule has 21 heteroatoms. The minimum Gasteiger partial charge on any atom is -0.377 e. The number of nitrogens with zero attached hydrogens (tertiary/aromatic N) is 4. The van der Waals surface area contributed by atoms with Crippen LogP contribution in [0.15, 0.2) is 72.1 Å². The fraction of sp³-hybridized carbons (Fsp3) is 0.561. The van der Waals surface area contributed by atoms with Gasteiger partial charge in [-0.05, 0) is 99.3 Å². The summed E-state index contributed by atoms with van der Waals surface area (Å²) in [6.45, 7) is 16.6. The fourth-order valence-corrected chi connectivity index (χ4v) is 11.6. The van der Waals surface area contributed by atoms with Gasteiger partial charge in [-0.15, -0.1) is 0 Å². The van der Waals surface area contributed by atoms with Crippen molar-refractivity contribution in [3.63, 3.8) is 0 Å². The smallest absolute Gasteiger partial charge is 0.254 e. The van der Waals surface area contributed by atoms with Crippen LogP contribution >= 0.6 is 46.4 Å². The van der Waals surface area contributed by atoms with Crippen molar-refractivity contribution in [1.29, 1.82) is 0 Å². The first-order valence-electron chi connectivity index (χ1n) is 26.8. The van der Waals surface area contributed by atoms with Gasteiger partial charge >= 0.3 is 0 Å². The van der Waals surface area contributed by atoms with Crippen LogP contribution in [0.25, 0.3) is 0 Å². The number of rotatable bonds is 27. The van der Waals surface area contributed by atoms with Gasteiger partial charge in [0.25, 0.3) is 17.7 Å². The van der Waals surface area contributed by atoms with Crippen molar-refractivity contribution in [2.45, 2.75) is 103 Å². The van der Waals surface area contributed by atoms with Gasteiger partial charge in [-0.2, -0.15) is 0 Å². The summed E-state index contributed by atoms with van der Waals surface area (Å²) < 4.78 is 47.9. The number of benzene rings is 3. The largest absolute Gasteiger partial charge is 0.377 e. The van der Waals surface area contributed by atoms with Crippen LogP contribution in [-0.4, -0.2) is 180 Å². The molecule has 3 aromatic rings. The minimum absolute atomic E-state index is 0.0222. The van der Waals surface area contributed by atoms with Crippen LogP contribution in [0.4, 0.5) is 0 Å². The second-order valence-electron chi connectivity index (χ2n) is 21.1. The Balaban J connectivity index is 0.701. The highest BCUT2D eigenvalue weighted by atomic mass is 35.5. The fourth-order valence-electron chi connectivity index (χ4n) is 10.6. The molecule has 5 aliphatic rings. The molecule has 17 nitrogen and oxygen atoms in total. The Kier molecular flexibility index (Phi) is 20.9. The molecule has 0 bridgehead atoms. The van der Waals surface area contributed by atoms with Gasteiger partial charge in [0.1, 0.15) is 18.0 Å². The lowest BCUT2D eigenvalue weighted by Gasteiger charge is -2.43. The average Bonchev–Trinajstić information content (AvgIpc) is 4.08. The third kappa shape index (κ3) is 15.3. The van der Waals surface area contributed by atoms with Gasteiger partial charge in [-0.1, -0.05) is 83.7 Å². The molecule has 3 aromatic carbocycles. The molecule has 0 aromatic heterocycles. The minimum atomic E-state index is -1.14. The number of fused-ring (bicyclic) bond motifs is 2. The Morgan fingerprint density at radius 2 is 1.31 bits per heavy atom. The lowest BCUT2D eigenvalue weighted by molar-refractivity contribution is -0.175. The number of hydrogen-bond acceptors (Lipinski definition) is 14. The lowest BCUT2D eigenvalue weighted by atomic mass is 9.84. The van der Waals surface area contributed by atoms with Crippen LogP contribution in [0.2, 0.25) is 20.1 Å². The van der Waals surface area contributed by atoms with Gasteiger partial charge in [-0.3, -0.25) is 14.4 Å². The quantitative estimate of drug-likeness (QED) is 0.0712. The molecule has 0 saturated carbocycles. The number of likely N-dealkylation sites (N-methyl/N-ethyl adjacent to an activating group) is 1. The molecule has 2 fully saturated rings. The van der Waals surface area contributed by atoms with E-state index in [-0.39, 0.29) is 44.7 Å². The maximum Gasteiger partial charge on any atom is 0.254 e. The number of nitrogens with one attached hydrogen (secondary N) is 2. The Morgan fingerprint density at radius 3 is 1.91 bits per heavy atom. The molecule has 8 rings (SSSR count). The van der Waals surface area contributed by atoms with Crippen molar-refractivity contribution < 1.29 is 52.3 Å². The maximum absolute atomic E-state index is 13.6. The average molecular weight is 1160 g/mol. The summed E-state index contributed by atoms with van der Waals surface area (Å²) in [7, 11) is 4.12. The molecular formula is C57H74Cl4N6O11. The second-order valence-corrected chi connectivity index (χ2v) is 22.8. The van der Waals surface area contributed by atoms with E-state index in [1.54, 1.807) is 44.7 Å². The van der Waals surface area contributed by atoms with Crippen molar-refractivity contribution in [3.8, 4) is 0 Å². The van der Waals surface area contributed by atoms with E-state index in [2.05, 4.69) is 64.6 Å². The Bertz CT molecular complexity index is 2670. The SMILES string of the molecule is CC/C=C\C1=C(N(C)Cc2ccc(Cl)cc2Cl)N(CCOCCOCCNC(=O)[C@@H]2OC(C)(C)O[C@@H]2[C@H]2OC(C)(C)O[C@H]2C(=O)NCCOCCOCCN2Cc3ccc(C4CN(C)Cc5c(Cl)cc(Cl)cc54)cc3C2=O)C1. The zero-order valence-electron chi connectivity index (χ0n) is 45.7. The van der Waals surface area contributed by atoms with Crippen LogP contribution in [0.5, 0.6) is 0 Å². The predicted octanol–water partition coefficient (Wildman–Crippen LogP) is 7.80. The van der Waals surface area contributed by atoms with Gasteiger partial charge in [0, 0.05) is 103 Å². The first kappa shape index (κ1) is 60.1. The monoisotopic (exact) mass is 1160 g/mol. The number of carbonyl (C=O) groups excluding carboxylic acids is 3. The number of ether oxygens (including phenoxy) is 8. The number of allylic oxidation sites excluding steroid dienone is 1. The van der Waals surface area contributed by atoms with Gasteiger partial charge in [0.15, 0.2) is 23.8 Å². The van der Waals surface area contributed by atoms with E-state index in [0.717, 1.165) is 59.7 Å². The molecule has 0 aliphatic carbocycles. The highest BCUT2D eigenvalue weighted by Gasteiger charge is 2.57. The molecule has 0 spiro atoms. The van der Waals surface area contributed by atoms with E-state index in [0.29, 0.717) is 84.9 Å². The van der Waals surface area contributed by atoms with Gasteiger partial charge in [-0.25, -0.2) is 0 Å². The number of halogens is 4. The van der Waals surface area contributed by atoms with Crippen LogP contribution in [0.1, 0.15) is 85.1 Å². The van der Waals surface area contributed by atoms with Gasteiger partial charge < -0.3 is 68.1 Å². The molecule has 2 saturated heterocycles. The standard InChI is InChI=1S/C57H74Cl4N6O11/c1-8-9-10-39-33-66(54(39)65(7)31-38-13-14-40(58)29-46(38)60)17-21-73-25-23-71-19-15-62-52(68)50-48(75-56(2,3)77-50)49-51(78-57(4,5)76-49)53(69)63-16-20-72-24-26-74-22-18-67-32-37-12-11-36(27-42(37)55(67)70)44-34-64(6)35-45-43(44)28-41(59)30-47(45)61/h9-14,27-30,44,48-51H,8,15-26,31-35H2,1-7H3,(H,62,68)(H,63,69)/b10-9-/t44?,48-,49-,50-,51-/m1/s1. The van der Waals surface area contributed by atoms with Crippen molar-refractivity contribution in [2.24, 2.45) is 0 Å². The van der Waals surface area contributed by atoms with Crippen LogP contribution < -0.4 is 10.6 Å². The summed E-state index contributed by atoms with van der Waals surface area (Å²) in [4.78, 5) is 49.3. The van der Waals surface area contributed by atoms with E-state index < -0.39 is 47.8 Å². The number of amides is 3. The maximum atomic E-state index is 13.6. The molecule has 1 unspecified atom stereocenters. The van der Waals surface area contributed by atoms with E-state index in [9.17, 15) is 14.4 Å². The first-order chi connectivity index (χ1) is 37.3. The molecule has 2 N–H and O–H groups in total. The first-order valence-corrected chi connectivity index (χ1v) is 28.3. The van der Waals surface area contributed by atoms with Gasteiger partial charge in [0.2, 0.25) is 0 Å². The van der Waals surface area contributed by atoms with E-state index in [1.165, 1.54) is 5.57 Å². The van der Waals surface area contributed by atoms with E-state index in [1.807, 2.05) is 30.3 Å². The third-order valence-corrected chi connectivity index (χ3v) is 15.3. The van der Waals surface area contributed by atoms with Crippen molar-refractivity contribution in [3.05, 3.63) is 126 Å². The molecule has 426 valence electrons. The van der Waals surface area contributed by atoms with Crippen LogP contribution in [-0.2, 0) is 67.1 Å². The number of hydrogen-bond donors (Lipinski definition) is 2. The Hall–Kier alpha value is -4.05. The number of carbonyl (C=O) groups is 3. The summed E-state index contributed by atoms with van der Waals surface area (Å²) in [5.74, 6) is -2.00. The van der Waals surface area contributed by atoms with Crippen molar-refractivity contribution in [2.75, 3.05) is 106 Å². The normalized spacial score (nSPS) is 22.6. The molecule has 5 aliphatic heterocycles. The topological polar surface area (TPSA) is 162 Å². The highest BCUT2D eigenvalue weighted by molar-refractivity contribution is 6.35. The summed E-state index contributed by atoms with van der Waals surface area (Å²) >= 11 is 25.6. The van der Waals surface area contributed by atoms with Crippen molar-refractivity contribution in [1.82, 2.24) is 30.2 Å². The van der Waals surface area contributed by atoms with Gasteiger partial charge in [0.05, 0.1) is 52.9 Å². The third-order valence-electron chi connectivity index (χ3n) is 14.1. The Labute approximate surface area is 478 Å². The second kappa shape index (κ2) is 27.1. The van der Waals surface area contributed by atoms with Crippen LogP contribution in [0.3, 0.4) is 0 Å². The molecular weight excluding hydrogens is 1090 g/mol. The zero-order valence-corrected chi connectivity index (χ0v) is 48.7. The zero-order chi connectivity index (χ0) is 55.7. The molecule has 5 atom stereocenters. The van der Waals surface area contributed by atoms with E-state index >= 15 is 0 Å². The van der Waals surface area contributed by atoms with Crippen LogP contribution in [0, 0.1) is 0 Å². The predicted molar refractivity (Wildman–Crippen MR) is 299 cm³/mol. The highest BCUT2D eigenvalue weighted by Crippen LogP contribution is 2.41. The molecule has 0 radical (unpaired) electrons. The summed E-state index contributed by atoms with van der Waals surface area (Å²) in [6, 6.07) is 15.5. The Morgan fingerprint density at radius 1 is 0.718 bits per heavy atom. The van der Waals surface area contributed by atoms with Crippen molar-refractivity contribution >= 4 is 64.1 Å². The summed E-state index contributed by atoms with van der Waals surface area (Å²) in [5.41, 5.74) is 7.17. The summed E-state index contributed by atoms with van der Waals surface area (Å²) in [6.07, 6.45) is 1.19. The molecule has 5 heterocycles. The molecule has 3 amide bonds. The lowest BCUT2D eigenvalue weighted by Crippen LogP contribution is -2.52.